The van der Waals surface area contributed by atoms with Crippen LogP contribution in [0.15, 0.2) is 0 Å². The van der Waals surface area contributed by atoms with Crippen LogP contribution in [0.4, 0.5) is 0 Å². The summed E-state index contributed by atoms with van der Waals surface area (Å²) in [5, 5.41) is 3.03. The Morgan fingerprint density at radius 3 is 2.19 bits per heavy atom. The first-order chi connectivity index (χ1) is 9.99. The first kappa shape index (κ1) is 18.0. The van der Waals surface area contributed by atoms with Gasteiger partial charge in [-0.3, -0.25) is 9.59 Å². The van der Waals surface area contributed by atoms with Gasteiger partial charge in [-0.2, -0.15) is 0 Å². The molecule has 1 aliphatic heterocycles. The van der Waals surface area contributed by atoms with Gasteiger partial charge in [0.15, 0.2) is 0 Å². The fraction of sp³-hybridized carbons (Fsp3) is 0.882. The van der Waals surface area contributed by atoms with Gasteiger partial charge in [-0.05, 0) is 38.0 Å². The second-order valence-corrected chi connectivity index (χ2v) is 6.59. The number of carbonyl (C=O) groups is 2. The minimum atomic E-state index is 0.0860. The molecule has 1 N–H and O–H groups in total. The zero-order chi connectivity index (χ0) is 15.8. The van der Waals surface area contributed by atoms with Gasteiger partial charge in [0.1, 0.15) is 0 Å². The molecule has 1 rings (SSSR count). The molecule has 2 amide bonds. The number of carbonyl (C=O) groups excluding carboxylic acids is 2. The van der Waals surface area contributed by atoms with Crippen molar-refractivity contribution >= 4 is 11.8 Å². The number of nitrogens with zero attached hydrogens (tertiary/aromatic N) is 1. The van der Waals surface area contributed by atoms with E-state index in [1.54, 1.807) is 0 Å². The van der Waals surface area contributed by atoms with Crippen LogP contribution in [0.1, 0.15) is 59.8 Å². The highest BCUT2D eigenvalue weighted by molar-refractivity contribution is 5.81. The molecule has 4 nitrogen and oxygen atoms in total. The molecule has 1 heterocycles. The summed E-state index contributed by atoms with van der Waals surface area (Å²) in [5.74, 6) is 1.30. The highest BCUT2D eigenvalue weighted by Crippen LogP contribution is 2.21. The molecule has 0 unspecified atom stereocenters. The maximum absolute atomic E-state index is 12.3. The summed E-state index contributed by atoms with van der Waals surface area (Å²) < 4.78 is 0. The fourth-order valence-electron chi connectivity index (χ4n) is 2.89. The second-order valence-electron chi connectivity index (χ2n) is 6.59. The zero-order valence-electron chi connectivity index (χ0n) is 14.2. The summed E-state index contributed by atoms with van der Waals surface area (Å²) in [7, 11) is 0. The molecule has 0 aliphatic carbocycles. The topological polar surface area (TPSA) is 49.4 Å². The minimum absolute atomic E-state index is 0.0860. The van der Waals surface area contributed by atoms with E-state index in [1.807, 2.05) is 4.90 Å². The van der Waals surface area contributed by atoms with Gasteiger partial charge in [0.05, 0.1) is 0 Å². The smallest absolute Gasteiger partial charge is 0.225 e. The normalized spacial score (nSPS) is 16.6. The van der Waals surface area contributed by atoms with Crippen LogP contribution >= 0.6 is 0 Å². The van der Waals surface area contributed by atoms with Crippen LogP contribution in [0.25, 0.3) is 0 Å². The second kappa shape index (κ2) is 9.06. The molecule has 1 saturated heterocycles. The molecule has 0 spiro atoms. The zero-order valence-corrected chi connectivity index (χ0v) is 14.2. The lowest BCUT2D eigenvalue weighted by Gasteiger charge is -2.33. The molecule has 0 aromatic heterocycles. The predicted octanol–water partition coefficient (Wildman–Crippen LogP) is 2.82. The fourth-order valence-corrected chi connectivity index (χ4v) is 2.89. The van der Waals surface area contributed by atoms with Crippen LogP contribution < -0.4 is 5.32 Å². The van der Waals surface area contributed by atoms with Crippen LogP contribution in [-0.2, 0) is 9.59 Å². The summed E-state index contributed by atoms with van der Waals surface area (Å²) >= 11 is 0. The van der Waals surface area contributed by atoms with Crippen molar-refractivity contribution in [3.63, 3.8) is 0 Å². The van der Waals surface area contributed by atoms with E-state index in [-0.39, 0.29) is 23.7 Å². The average molecular weight is 296 g/mol. The molecule has 0 bridgehead atoms. The van der Waals surface area contributed by atoms with Gasteiger partial charge in [-0.1, -0.05) is 27.7 Å². The van der Waals surface area contributed by atoms with E-state index >= 15 is 0 Å². The first-order valence-corrected chi connectivity index (χ1v) is 8.56. The predicted molar refractivity (Wildman–Crippen MR) is 85.8 cm³/mol. The highest BCUT2D eigenvalue weighted by atomic mass is 16.2. The van der Waals surface area contributed by atoms with E-state index in [9.17, 15) is 9.59 Å². The monoisotopic (exact) mass is 296 g/mol. The van der Waals surface area contributed by atoms with Crippen molar-refractivity contribution in [2.24, 2.45) is 17.8 Å². The molecule has 1 aliphatic rings. The summed E-state index contributed by atoms with van der Waals surface area (Å²) in [4.78, 5) is 26.4. The Kier molecular flexibility index (Phi) is 7.76. The van der Waals surface area contributed by atoms with Crippen LogP contribution in [0.2, 0.25) is 0 Å². The molecule has 4 heteroatoms. The Morgan fingerprint density at radius 1 is 1.14 bits per heavy atom. The summed E-state index contributed by atoms with van der Waals surface area (Å²) in [5.41, 5.74) is 0. The van der Waals surface area contributed by atoms with Gasteiger partial charge in [0.25, 0.3) is 0 Å². The lowest BCUT2D eigenvalue weighted by Crippen LogP contribution is -2.45. The minimum Gasteiger partial charge on any atom is -0.356 e. The number of piperidine rings is 1. The van der Waals surface area contributed by atoms with Gasteiger partial charge < -0.3 is 10.2 Å². The molecule has 0 aromatic carbocycles. The van der Waals surface area contributed by atoms with Crippen molar-refractivity contribution in [1.29, 1.82) is 0 Å². The third kappa shape index (κ3) is 5.68. The molecular formula is C17H32N2O2. The first-order valence-electron chi connectivity index (χ1n) is 8.56. The van der Waals surface area contributed by atoms with E-state index in [4.69, 9.17) is 0 Å². The Morgan fingerprint density at radius 2 is 1.71 bits per heavy atom. The molecule has 0 atom stereocenters. The van der Waals surface area contributed by atoms with Crippen molar-refractivity contribution in [3.05, 3.63) is 0 Å². The van der Waals surface area contributed by atoms with Crippen molar-refractivity contribution in [1.82, 2.24) is 10.2 Å². The number of hydrogen-bond acceptors (Lipinski definition) is 2. The van der Waals surface area contributed by atoms with Gasteiger partial charge >= 0.3 is 0 Å². The van der Waals surface area contributed by atoms with Gasteiger partial charge in [-0.15, -0.1) is 0 Å². The molecular weight excluding hydrogens is 264 g/mol. The molecule has 1 fully saturated rings. The van der Waals surface area contributed by atoms with Gasteiger partial charge in [0, 0.05) is 31.5 Å². The number of amides is 2. The standard InChI is InChI=1S/C17H32N2O2/c1-5-14(6-2)17(21)19-11-8-15(9-12-19)16(20)18-10-7-13(3)4/h13-15H,5-12H2,1-4H3,(H,18,20). The van der Waals surface area contributed by atoms with E-state index < -0.39 is 0 Å². The maximum atomic E-state index is 12.3. The van der Waals surface area contributed by atoms with Gasteiger partial charge in [0.2, 0.25) is 11.8 Å². The van der Waals surface area contributed by atoms with Crippen LogP contribution in [0.5, 0.6) is 0 Å². The lowest BCUT2D eigenvalue weighted by atomic mass is 9.93. The largest absolute Gasteiger partial charge is 0.356 e. The molecule has 0 saturated carbocycles. The van der Waals surface area contributed by atoms with Gasteiger partial charge in [-0.25, -0.2) is 0 Å². The third-order valence-electron chi connectivity index (χ3n) is 4.53. The number of likely N-dealkylation sites (tertiary alicyclic amines) is 1. The van der Waals surface area contributed by atoms with Crippen LogP contribution in [0, 0.1) is 17.8 Å². The van der Waals surface area contributed by atoms with E-state index in [0.717, 1.165) is 51.7 Å². The highest BCUT2D eigenvalue weighted by Gasteiger charge is 2.29. The summed E-state index contributed by atoms with van der Waals surface area (Å²) in [6, 6.07) is 0. The molecule has 21 heavy (non-hydrogen) atoms. The van der Waals surface area contributed by atoms with Crippen LogP contribution in [0.3, 0.4) is 0 Å². The van der Waals surface area contributed by atoms with E-state index in [1.165, 1.54) is 0 Å². The Hall–Kier alpha value is -1.06. The Labute approximate surface area is 129 Å². The maximum Gasteiger partial charge on any atom is 0.225 e. The van der Waals surface area contributed by atoms with E-state index in [2.05, 4.69) is 33.0 Å². The van der Waals surface area contributed by atoms with Crippen LogP contribution in [-0.4, -0.2) is 36.3 Å². The molecule has 0 radical (unpaired) electrons. The summed E-state index contributed by atoms with van der Waals surface area (Å²) in [6.07, 6.45) is 4.45. The number of hydrogen-bond donors (Lipinski definition) is 1. The lowest BCUT2D eigenvalue weighted by molar-refractivity contribution is -0.139. The quantitative estimate of drug-likeness (QED) is 0.785. The summed E-state index contributed by atoms with van der Waals surface area (Å²) in [6.45, 7) is 10.7. The van der Waals surface area contributed by atoms with Crippen molar-refractivity contribution in [2.75, 3.05) is 19.6 Å². The number of nitrogens with one attached hydrogen (secondary N) is 1. The molecule has 122 valence electrons. The molecule has 0 aromatic rings. The number of rotatable bonds is 7. The Balaban J connectivity index is 2.34. The van der Waals surface area contributed by atoms with Crippen molar-refractivity contribution < 1.29 is 9.59 Å². The van der Waals surface area contributed by atoms with Crippen molar-refractivity contribution in [2.45, 2.75) is 59.8 Å². The third-order valence-corrected chi connectivity index (χ3v) is 4.53. The Bertz CT molecular complexity index is 330. The average Bonchev–Trinajstić information content (AvgIpc) is 2.48. The SMILES string of the molecule is CCC(CC)C(=O)N1CCC(C(=O)NCCC(C)C)CC1. The van der Waals surface area contributed by atoms with E-state index in [0.29, 0.717) is 5.92 Å². The van der Waals surface area contributed by atoms with Crippen molar-refractivity contribution in [3.8, 4) is 0 Å².